The van der Waals surface area contributed by atoms with E-state index < -0.39 is 12.8 Å². The lowest BCUT2D eigenvalue weighted by molar-refractivity contribution is -0.153. The molecule has 154 valence electrons. The molecule has 2 heterocycles. The molecule has 1 aliphatic heterocycles. The molecule has 7 heteroatoms. The molecule has 0 amide bonds. The fourth-order valence-electron chi connectivity index (χ4n) is 4.05. The Labute approximate surface area is 166 Å². The van der Waals surface area contributed by atoms with Crippen LogP contribution in [0.25, 0.3) is 10.9 Å². The maximum atomic E-state index is 14.1. The number of fused-ring (bicyclic) bond motifs is 1. The van der Waals surface area contributed by atoms with Gasteiger partial charge in [0, 0.05) is 18.1 Å². The van der Waals surface area contributed by atoms with Gasteiger partial charge in [-0.05, 0) is 61.2 Å². The Kier molecular flexibility index (Phi) is 5.50. The van der Waals surface area contributed by atoms with Crippen LogP contribution < -0.4 is 4.74 Å². The molecule has 0 radical (unpaired) electrons. The van der Waals surface area contributed by atoms with Crippen LogP contribution in [0.5, 0.6) is 5.75 Å². The van der Waals surface area contributed by atoms with Crippen molar-refractivity contribution in [3.05, 3.63) is 65.9 Å². The average molecular weight is 406 g/mol. The summed E-state index contributed by atoms with van der Waals surface area (Å²) in [6, 6.07) is 14.3. The Balaban J connectivity index is 1.37. The van der Waals surface area contributed by atoms with Crippen LogP contribution in [0.4, 0.5) is 17.7 Å². The van der Waals surface area contributed by atoms with Gasteiger partial charge in [-0.15, -0.1) is 0 Å². The van der Waals surface area contributed by atoms with Crippen LogP contribution >= 0.6 is 0 Å². The summed E-state index contributed by atoms with van der Waals surface area (Å²) in [7, 11) is 0. The summed E-state index contributed by atoms with van der Waals surface area (Å²) in [5.74, 6) is 0.528. The van der Waals surface area contributed by atoms with Crippen LogP contribution in [0.3, 0.4) is 0 Å². The highest BCUT2D eigenvalue weighted by Crippen LogP contribution is 2.35. The summed E-state index contributed by atoms with van der Waals surface area (Å²) in [5.41, 5.74) is 2.56. The highest BCUT2D eigenvalue weighted by Gasteiger charge is 2.28. The first-order valence-corrected chi connectivity index (χ1v) is 9.66. The Hall–Kier alpha value is -2.54. The molecule has 1 aromatic heterocycles. The molecule has 0 saturated carbocycles. The Morgan fingerprint density at radius 1 is 1.00 bits per heavy atom. The van der Waals surface area contributed by atoms with Gasteiger partial charge in [0.05, 0.1) is 5.52 Å². The lowest BCUT2D eigenvalue weighted by Gasteiger charge is -2.32. The summed E-state index contributed by atoms with van der Waals surface area (Å²) in [6.45, 7) is 1.07. The molecule has 0 aliphatic carbocycles. The van der Waals surface area contributed by atoms with E-state index in [0.29, 0.717) is 22.8 Å². The van der Waals surface area contributed by atoms with Gasteiger partial charge in [0.2, 0.25) is 0 Å². The SMILES string of the molecule is Fn1cc(C2CCN(Cc3cccc(OCC(F)(F)F)c3)CC2)c2ccccc21. The molecule has 3 nitrogen and oxygen atoms in total. The number of ether oxygens (including phenoxy) is 1. The van der Waals surface area contributed by atoms with Crippen molar-refractivity contribution in [2.24, 2.45) is 0 Å². The van der Waals surface area contributed by atoms with Gasteiger partial charge >= 0.3 is 6.18 Å². The molecule has 29 heavy (non-hydrogen) atoms. The highest BCUT2D eigenvalue weighted by atomic mass is 19.4. The number of aromatic nitrogens is 1. The zero-order valence-corrected chi connectivity index (χ0v) is 15.8. The molecular weight excluding hydrogens is 384 g/mol. The van der Waals surface area contributed by atoms with Crippen molar-refractivity contribution in [3.8, 4) is 5.75 Å². The minimum atomic E-state index is -4.35. The van der Waals surface area contributed by atoms with E-state index in [1.54, 1.807) is 24.4 Å². The van der Waals surface area contributed by atoms with E-state index in [-0.39, 0.29) is 5.75 Å². The Bertz CT molecular complexity index is 974. The minimum absolute atomic E-state index is 0.227. The quantitative estimate of drug-likeness (QED) is 0.506. The standard InChI is InChI=1S/C22H22F4N2O/c23-22(24,25)15-29-18-5-3-4-16(12-18)13-27-10-8-17(9-11-27)20-14-28(26)21-7-2-1-6-19(20)21/h1-7,12,14,17H,8-11,13,15H2. The van der Waals surface area contributed by atoms with E-state index in [2.05, 4.69) is 4.90 Å². The van der Waals surface area contributed by atoms with Crippen molar-refractivity contribution in [1.29, 1.82) is 0 Å². The van der Waals surface area contributed by atoms with E-state index in [4.69, 9.17) is 4.74 Å². The number of hydrogen-bond donors (Lipinski definition) is 0. The molecule has 0 unspecified atom stereocenters. The predicted molar refractivity (Wildman–Crippen MR) is 104 cm³/mol. The third-order valence-corrected chi connectivity index (χ3v) is 5.43. The molecule has 1 aliphatic rings. The summed E-state index contributed by atoms with van der Waals surface area (Å²) in [4.78, 5) is 2.97. The first-order chi connectivity index (χ1) is 13.9. The van der Waals surface area contributed by atoms with Gasteiger partial charge < -0.3 is 4.74 Å². The molecule has 0 spiro atoms. The van der Waals surface area contributed by atoms with Crippen molar-refractivity contribution < 1.29 is 22.4 Å². The van der Waals surface area contributed by atoms with Crippen LogP contribution in [-0.2, 0) is 6.54 Å². The summed E-state index contributed by atoms with van der Waals surface area (Å²) < 4.78 is 56.0. The summed E-state index contributed by atoms with van der Waals surface area (Å²) >= 11 is 0. The minimum Gasteiger partial charge on any atom is -0.484 e. The third kappa shape index (κ3) is 4.72. The van der Waals surface area contributed by atoms with Gasteiger partial charge in [0.1, 0.15) is 5.75 Å². The lowest BCUT2D eigenvalue weighted by atomic mass is 9.89. The maximum absolute atomic E-state index is 14.1. The van der Waals surface area contributed by atoms with Gasteiger partial charge in [0.25, 0.3) is 0 Å². The monoisotopic (exact) mass is 406 g/mol. The molecule has 0 atom stereocenters. The summed E-state index contributed by atoms with van der Waals surface area (Å²) in [5, 5.41) is 0.961. The van der Waals surface area contributed by atoms with Gasteiger partial charge in [-0.1, -0.05) is 34.8 Å². The number of nitrogens with zero attached hydrogens (tertiary/aromatic N) is 2. The second-order valence-corrected chi connectivity index (χ2v) is 7.51. The first kappa shape index (κ1) is 19.8. The number of halogens is 4. The van der Waals surface area contributed by atoms with Crippen LogP contribution in [0.1, 0.15) is 29.9 Å². The normalized spacial score (nSPS) is 16.4. The van der Waals surface area contributed by atoms with E-state index in [1.165, 1.54) is 6.07 Å². The van der Waals surface area contributed by atoms with Gasteiger partial charge in [0.15, 0.2) is 6.61 Å². The molecule has 1 saturated heterocycles. The smallest absolute Gasteiger partial charge is 0.422 e. The molecule has 4 rings (SSSR count). The fraction of sp³-hybridized carbons (Fsp3) is 0.364. The largest absolute Gasteiger partial charge is 0.484 e. The molecule has 3 aromatic rings. The number of para-hydroxylation sites is 1. The summed E-state index contributed by atoms with van der Waals surface area (Å²) in [6.07, 6.45) is -0.927. The Morgan fingerprint density at radius 3 is 2.52 bits per heavy atom. The van der Waals surface area contributed by atoms with E-state index in [1.807, 2.05) is 24.3 Å². The molecule has 0 N–H and O–H groups in total. The van der Waals surface area contributed by atoms with Crippen LogP contribution in [0.2, 0.25) is 0 Å². The number of rotatable bonds is 5. The van der Waals surface area contributed by atoms with E-state index >= 15 is 0 Å². The van der Waals surface area contributed by atoms with Crippen molar-refractivity contribution in [2.75, 3.05) is 19.7 Å². The third-order valence-electron chi connectivity index (χ3n) is 5.43. The number of benzene rings is 2. The van der Waals surface area contributed by atoms with Gasteiger partial charge in [-0.3, -0.25) is 4.90 Å². The Morgan fingerprint density at radius 2 is 1.76 bits per heavy atom. The molecular formula is C22H22F4N2O. The second kappa shape index (κ2) is 8.06. The van der Waals surface area contributed by atoms with E-state index in [9.17, 15) is 17.7 Å². The van der Waals surface area contributed by atoms with Crippen molar-refractivity contribution in [3.63, 3.8) is 0 Å². The zero-order valence-electron chi connectivity index (χ0n) is 15.8. The number of likely N-dealkylation sites (tertiary alicyclic amines) is 1. The lowest BCUT2D eigenvalue weighted by Crippen LogP contribution is -2.32. The highest BCUT2D eigenvalue weighted by molar-refractivity contribution is 5.84. The molecule has 0 bridgehead atoms. The van der Waals surface area contributed by atoms with Crippen molar-refractivity contribution in [2.45, 2.75) is 31.5 Å². The number of alkyl halides is 3. The second-order valence-electron chi connectivity index (χ2n) is 7.51. The predicted octanol–water partition coefficient (Wildman–Crippen LogP) is 5.69. The average Bonchev–Trinajstić information content (AvgIpc) is 3.04. The zero-order chi connectivity index (χ0) is 20.4. The first-order valence-electron chi connectivity index (χ1n) is 9.66. The maximum Gasteiger partial charge on any atom is 0.422 e. The van der Waals surface area contributed by atoms with Gasteiger partial charge in [-0.25, -0.2) is 0 Å². The fourth-order valence-corrected chi connectivity index (χ4v) is 4.05. The van der Waals surface area contributed by atoms with Crippen LogP contribution in [0, 0.1) is 0 Å². The molecule has 2 aromatic carbocycles. The van der Waals surface area contributed by atoms with Crippen LogP contribution in [0.15, 0.2) is 54.7 Å². The van der Waals surface area contributed by atoms with E-state index in [0.717, 1.165) is 42.4 Å². The van der Waals surface area contributed by atoms with Gasteiger partial charge in [-0.2, -0.15) is 18.0 Å². The van der Waals surface area contributed by atoms with Crippen LogP contribution in [-0.4, -0.2) is 35.6 Å². The number of piperidine rings is 1. The topological polar surface area (TPSA) is 17.4 Å². The number of hydrogen-bond acceptors (Lipinski definition) is 2. The molecule has 1 fully saturated rings. The van der Waals surface area contributed by atoms with Crippen molar-refractivity contribution in [1.82, 2.24) is 9.69 Å². The van der Waals surface area contributed by atoms with Crippen molar-refractivity contribution >= 4 is 10.9 Å².